The van der Waals surface area contributed by atoms with Crippen molar-refractivity contribution >= 4 is 43.1 Å². The summed E-state index contributed by atoms with van der Waals surface area (Å²) in [7, 11) is 0. The van der Waals surface area contributed by atoms with E-state index in [0.29, 0.717) is 5.78 Å². The van der Waals surface area contributed by atoms with E-state index in [9.17, 15) is 4.79 Å². The Balaban J connectivity index is 2.05. The molecule has 2 aromatic rings. The molecule has 0 aliphatic heterocycles. The van der Waals surface area contributed by atoms with Crippen LogP contribution in [0.2, 0.25) is 0 Å². The number of fused-ring (bicyclic) bond motifs is 1. The van der Waals surface area contributed by atoms with E-state index in [2.05, 4.69) is 35.8 Å². The summed E-state index contributed by atoms with van der Waals surface area (Å²) >= 11 is 5.22. The van der Waals surface area contributed by atoms with Crippen molar-refractivity contribution in [1.29, 1.82) is 0 Å². The fraction of sp³-hybridized carbons (Fsp3) is 0.438. The zero-order valence-corrected chi connectivity index (χ0v) is 13.6. The van der Waals surface area contributed by atoms with Gasteiger partial charge in [-0.15, -0.1) is 11.3 Å². The van der Waals surface area contributed by atoms with Crippen LogP contribution in [0.1, 0.15) is 43.5 Å². The lowest BCUT2D eigenvalue weighted by molar-refractivity contribution is 0.0841. The molecule has 0 amide bonds. The molecule has 1 unspecified atom stereocenters. The van der Waals surface area contributed by atoms with E-state index in [1.54, 1.807) is 11.3 Å². The Kier molecular flexibility index (Phi) is 3.30. The van der Waals surface area contributed by atoms with Crippen LogP contribution < -0.4 is 0 Å². The minimum Gasteiger partial charge on any atom is -0.294 e. The average Bonchev–Trinajstić information content (AvgIpc) is 2.92. The Bertz CT molecular complexity index is 641. The van der Waals surface area contributed by atoms with Gasteiger partial charge in [-0.3, -0.25) is 4.79 Å². The largest absolute Gasteiger partial charge is 0.294 e. The quantitative estimate of drug-likeness (QED) is 0.645. The fourth-order valence-corrected chi connectivity index (χ4v) is 4.82. The number of hydrogen-bond donors (Lipinski definition) is 0. The van der Waals surface area contributed by atoms with Crippen molar-refractivity contribution in [3.8, 4) is 0 Å². The van der Waals surface area contributed by atoms with Crippen LogP contribution in [0.15, 0.2) is 28.1 Å². The molecule has 1 heterocycles. The first-order valence-corrected chi connectivity index (χ1v) is 8.38. The van der Waals surface area contributed by atoms with E-state index < -0.39 is 0 Å². The van der Waals surface area contributed by atoms with Crippen molar-refractivity contribution in [3.05, 3.63) is 33.6 Å². The highest BCUT2D eigenvalue weighted by Crippen LogP contribution is 2.45. The van der Waals surface area contributed by atoms with Crippen LogP contribution in [0, 0.1) is 11.3 Å². The maximum absolute atomic E-state index is 12.8. The van der Waals surface area contributed by atoms with Gasteiger partial charge in [0.15, 0.2) is 5.78 Å². The number of ketones is 1. The Morgan fingerprint density at radius 3 is 2.89 bits per heavy atom. The van der Waals surface area contributed by atoms with Crippen LogP contribution in [-0.4, -0.2) is 5.78 Å². The Morgan fingerprint density at radius 1 is 1.42 bits per heavy atom. The first-order valence-electron chi connectivity index (χ1n) is 6.70. The van der Waals surface area contributed by atoms with Gasteiger partial charge in [-0.25, -0.2) is 0 Å². The van der Waals surface area contributed by atoms with Crippen LogP contribution >= 0.6 is 27.3 Å². The zero-order chi connectivity index (χ0) is 13.6. The van der Waals surface area contributed by atoms with Gasteiger partial charge < -0.3 is 0 Å². The van der Waals surface area contributed by atoms with Crippen molar-refractivity contribution in [2.24, 2.45) is 11.3 Å². The molecule has 1 saturated carbocycles. The van der Waals surface area contributed by atoms with Gasteiger partial charge in [0.25, 0.3) is 0 Å². The second-order valence-corrected chi connectivity index (χ2v) is 7.80. The van der Waals surface area contributed by atoms with Gasteiger partial charge in [0.2, 0.25) is 0 Å². The highest BCUT2D eigenvalue weighted by Gasteiger charge is 2.40. The van der Waals surface area contributed by atoms with Crippen molar-refractivity contribution in [2.45, 2.75) is 33.1 Å². The van der Waals surface area contributed by atoms with Crippen LogP contribution in [-0.2, 0) is 0 Å². The lowest BCUT2D eigenvalue weighted by Gasteiger charge is -2.25. The minimum absolute atomic E-state index is 0.150. The molecule has 19 heavy (non-hydrogen) atoms. The van der Waals surface area contributed by atoms with Crippen molar-refractivity contribution in [2.75, 3.05) is 0 Å². The summed E-state index contributed by atoms with van der Waals surface area (Å²) in [6.07, 6.45) is 3.38. The standard InChI is InChI=1S/C16H17BrOS/c1-16(2)8-4-6-12(16)14(18)11-9-19-15-10(11)5-3-7-13(15)17/h3,5,7,9,12H,4,6,8H2,1-2H3. The maximum Gasteiger partial charge on any atom is 0.167 e. The summed E-state index contributed by atoms with van der Waals surface area (Å²) < 4.78 is 2.27. The third-order valence-electron chi connectivity index (χ3n) is 4.39. The highest BCUT2D eigenvalue weighted by atomic mass is 79.9. The van der Waals surface area contributed by atoms with Crippen LogP contribution in [0.5, 0.6) is 0 Å². The molecule has 0 N–H and O–H groups in total. The molecule has 1 aromatic carbocycles. The first-order chi connectivity index (χ1) is 9.00. The average molecular weight is 337 g/mol. The minimum atomic E-state index is 0.150. The van der Waals surface area contributed by atoms with Crippen LogP contribution in [0.4, 0.5) is 0 Å². The van der Waals surface area contributed by atoms with E-state index in [-0.39, 0.29) is 11.3 Å². The zero-order valence-electron chi connectivity index (χ0n) is 11.2. The molecule has 0 radical (unpaired) electrons. The van der Waals surface area contributed by atoms with Gasteiger partial charge in [-0.2, -0.15) is 0 Å². The SMILES string of the molecule is CC1(C)CCCC1C(=O)c1csc2c(Br)cccc12. The number of benzene rings is 1. The summed E-state index contributed by atoms with van der Waals surface area (Å²) in [4.78, 5) is 12.8. The van der Waals surface area contributed by atoms with E-state index in [4.69, 9.17) is 0 Å². The molecule has 100 valence electrons. The lowest BCUT2D eigenvalue weighted by atomic mass is 9.78. The van der Waals surface area contributed by atoms with E-state index in [1.165, 1.54) is 11.1 Å². The summed E-state index contributed by atoms with van der Waals surface area (Å²) in [5.74, 6) is 0.524. The molecule has 1 atom stereocenters. The molecule has 1 aliphatic carbocycles. The predicted molar refractivity (Wildman–Crippen MR) is 85.0 cm³/mol. The molecular weight excluding hydrogens is 320 g/mol. The molecule has 1 nitrogen and oxygen atoms in total. The molecule has 1 fully saturated rings. The number of hydrogen-bond acceptors (Lipinski definition) is 2. The normalized spacial score (nSPS) is 21.9. The summed E-state index contributed by atoms with van der Waals surface area (Å²) in [6, 6.07) is 6.11. The highest BCUT2D eigenvalue weighted by molar-refractivity contribution is 9.10. The number of carbonyl (C=O) groups is 1. The first kappa shape index (κ1) is 13.3. The van der Waals surface area contributed by atoms with Gasteiger partial charge in [0.05, 0.1) is 0 Å². The Hall–Kier alpha value is -0.670. The fourth-order valence-electron chi connectivity index (χ4n) is 3.21. The number of Topliss-reactive ketones (excluding diaryl/α,β-unsaturated/α-hetero) is 1. The number of halogens is 1. The second-order valence-electron chi connectivity index (χ2n) is 6.06. The maximum atomic E-state index is 12.8. The molecule has 3 heteroatoms. The molecule has 0 spiro atoms. The van der Waals surface area contributed by atoms with Crippen LogP contribution in [0.25, 0.3) is 10.1 Å². The van der Waals surface area contributed by atoms with E-state index in [0.717, 1.165) is 28.3 Å². The van der Waals surface area contributed by atoms with Crippen molar-refractivity contribution in [3.63, 3.8) is 0 Å². The number of thiophene rings is 1. The summed E-state index contributed by atoms with van der Waals surface area (Å²) in [6.45, 7) is 4.46. The Morgan fingerprint density at radius 2 is 2.21 bits per heavy atom. The second kappa shape index (κ2) is 4.71. The molecule has 3 rings (SSSR count). The van der Waals surface area contributed by atoms with Gasteiger partial charge in [0.1, 0.15) is 0 Å². The lowest BCUT2D eigenvalue weighted by Crippen LogP contribution is -2.25. The Labute approximate surface area is 126 Å². The van der Waals surface area contributed by atoms with Crippen molar-refractivity contribution < 1.29 is 4.79 Å². The third kappa shape index (κ3) is 2.17. The van der Waals surface area contributed by atoms with E-state index in [1.807, 2.05) is 17.5 Å². The molecule has 0 saturated heterocycles. The van der Waals surface area contributed by atoms with Gasteiger partial charge >= 0.3 is 0 Å². The van der Waals surface area contributed by atoms with Gasteiger partial charge in [-0.05, 0) is 40.3 Å². The molecule has 1 aromatic heterocycles. The monoisotopic (exact) mass is 336 g/mol. The molecular formula is C16H17BrOS. The summed E-state index contributed by atoms with van der Waals surface area (Å²) in [5, 5.41) is 3.14. The van der Waals surface area contributed by atoms with Crippen molar-refractivity contribution in [1.82, 2.24) is 0 Å². The van der Waals surface area contributed by atoms with Gasteiger partial charge in [0, 0.05) is 31.4 Å². The van der Waals surface area contributed by atoms with Gasteiger partial charge in [-0.1, -0.05) is 32.4 Å². The third-order valence-corrected chi connectivity index (χ3v) is 6.34. The predicted octanol–water partition coefficient (Wildman–Crippen LogP) is 5.67. The van der Waals surface area contributed by atoms with E-state index >= 15 is 0 Å². The van der Waals surface area contributed by atoms with Crippen LogP contribution in [0.3, 0.4) is 0 Å². The molecule has 1 aliphatic rings. The smallest absolute Gasteiger partial charge is 0.167 e. The topological polar surface area (TPSA) is 17.1 Å². The number of carbonyl (C=O) groups excluding carboxylic acids is 1. The number of rotatable bonds is 2. The summed E-state index contributed by atoms with van der Waals surface area (Å²) in [5.41, 5.74) is 1.07. The molecule has 0 bridgehead atoms.